The van der Waals surface area contributed by atoms with E-state index in [9.17, 15) is 9.18 Å². The van der Waals surface area contributed by atoms with Gasteiger partial charge in [-0.15, -0.1) is 0 Å². The molecule has 0 unspecified atom stereocenters. The third-order valence-corrected chi connectivity index (χ3v) is 3.81. The summed E-state index contributed by atoms with van der Waals surface area (Å²) in [6.45, 7) is 1.68. The minimum absolute atomic E-state index is 0.113. The zero-order chi connectivity index (χ0) is 12.5. The molecule has 4 heteroatoms. The SMILES string of the molecule is O=C1CCc2ccc(F)cc2N1C[C@H]1CCCN1. The molecule has 0 spiro atoms. The molecule has 1 aromatic rings. The second-order valence-corrected chi connectivity index (χ2v) is 5.07. The zero-order valence-electron chi connectivity index (χ0n) is 10.3. The highest BCUT2D eigenvalue weighted by Gasteiger charge is 2.27. The lowest BCUT2D eigenvalue weighted by Gasteiger charge is -2.31. The molecule has 3 rings (SSSR count). The number of aryl methyl sites for hydroxylation is 1. The Hall–Kier alpha value is -1.42. The summed E-state index contributed by atoms with van der Waals surface area (Å²) in [6, 6.07) is 5.11. The van der Waals surface area contributed by atoms with Crippen LogP contribution in [-0.2, 0) is 11.2 Å². The lowest BCUT2D eigenvalue weighted by atomic mass is 10.00. The first-order chi connectivity index (χ1) is 8.74. The van der Waals surface area contributed by atoms with E-state index in [0.29, 0.717) is 19.0 Å². The highest BCUT2D eigenvalue weighted by molar-refractivity contribution is 5.96. The fraction of sp³-hybridized carbons (Fsp3) is 0.500. The molecular formula is C14H17FN2O. The summed E-state index contributed by atoms with van der Waals surface area (Å²) < 4.78 is 13.4. The molecule has 3 nitrogen and oxygen atoms in total. The zero-order valence-corrected chi connectivity index (χ0v) is 10.3. The van der Waals surface area contributed by atoms with Gasteiger partial charge in [-0.05, 0) is 43.5 Å². The van der Waals surface area contributed by atoms with E-state index in [0.717, 1.165) is 37.1 Å². The Bertz CT molecular complexity index is 469. The van der Waals surface area contributed by atoms with E-state index in [2.05, 4.69) is 5.32 Å². The van der Waals surface area contributed by atoms with Crippen molar-refractivity contribution in [1.29, 1.82) is 0 Å². The molecule has 1 saturated heterocycles. The largest absolute Gasteiger partial charge is 0.312 e. The average molecular weight is 248 g/mol. The second kappa shape index (κ2) is 4.69. The number of rotatable bonds is 2. The van der Waals surface area contributed by atoms with Crippen molar-refractivity contribution in [2.75, 3.05) is 18.0 Å². The van der Waals surface area contributed by atoms with Gasteiger partial charge in [-0.1, -0.05) is 6.07 Å². The van der Waals surface area contributed by atoms with Gasteiger partial charge in [0.2, 0.25) is 5.91 Å². The Morgan fingerprint density at radius 3 is 3.06 bits per heavy atom. The van der Waals surface area contributed by atoms with E-state index in [4.69, 9.17) is 0 Å². The van der Waals surface area contributed by atoms with Crippen LogP contribution in [-0.4, -0.2) is 25.0 Å². The van der Waals surface area contributed by atoms with E-state index < -0.39 is 0 Å². The van der Waals surface area contributed by atoms with Gasteiger partial charge in [0, 0.05) is 24.7 Å². The van der Waals surface area contributed by atoms with Crippen LogP contribution >= 0.6 is 0 Å². The molecule has 0 aliphatic carbocycles. The third-order valence-electron chi connectivity index (χ3n) is 3.81. The number of hydrogen-bond acceptors (Lipinski definition) is 2. The molecule has 1 atom stereocenters. The standard InChI is InChI=1S/C14H17FN2O/c15-11-5-3-10-4-6-14(18)17(13(10)8-11)9-12-2-1-7-16-12/h3,5,8,12,16H,1-2,4,6-7,9H2/t12-/m1/s1. The van der Waals surface area contributed by atoms with E-state index in [1.165, 1.54) is 12.1 Å². The van der Waals surface area contributed by atoms with E-state index in [1.54, 1.807) is 11.0 Å². The third kappa shape index (κ3) is 2.12. The Kier molecular flexibility index (Phi) is 3.04. The van der Waals surface area contributed by atoms with Crippen LogP contribution in [0, 0.1) is 5.82 Å². The lowest BCUT2D eigenvalue weighted by molar-refractivity contribution is -0.119. The van der Waals surface area contributed by atoms with Gasteiger partial charge in [-0.2, -0.15) is 0 Å². The number of anilines is 1. The molecule has 0 aromatic heterocycles. The van der Waals surface area contributed by atoms with E-state index in [1.807, 2.05) is 0 Å². The molecule has 96 valence electrons. The van der Waals surface area contributed by atoms with Crippen LogP contribution in [0.3, 0.4) is 0 Å². The van der Waals surface area contributed by atoms with Gasteiger partial charge in [-0.3, -0.25) is 4.79 Å². The number of benzene rings is 1. The quantitative estimate of drug-likeness (QED) is 0.866. The molecule has 0 saturated carbocycles. The fourth-order valence-corrected chi connectivity index (χ4v) is 2.84. The van der Waals surface area contributed by atoms with Crippen molar-refractivity contribution < 1.29 is 9.18 Å². The smallest absolute Gasteiger partial charge is 0.227 e. The first kappa shape index (κ1) is 11.7. The molecule has 1 fully saturated rings. The van der Waals surface area contributed by atoms with Gasteiger partial charge >= 0.3 is 0 Å². The molecule has 2 aliphatic rings. The maximum atomic E-state index is 13.4. The highest BCUT2D eigenvalue weighted by atomic mass is 19.1. The van der Waals surface area contributed by atoms with Crippen molar-refractivity contribution in [3.63, 3.8) is 0 Å². The topological polar surface area (TPSA) is 32.3 Å². The van der Waals surface area contributed by atoms with Gasteiger partial charge in [0.05, 0.1) is 0 Å². The first-order valence-electron chi connectivity index (χ1n) is 6.56. The van der Waals surface area contributed by atoms with Crippen molar-refractivity contribution in [2.24, 2.45) is 0 Å². The molecule has 1 aromatic carbocycles. The summed E-state index contributed by atoms with van der Waals surface area (Å²) in [5.41, 5.74) is 1.84. The number of amides is 1. The number of fused-ring (bicyclic) bond motifs is 1. The van der Waals surface area contributed by atoms with Crippen LogP contribution in [0.2, 0.25) is 0 Å². The average Bonchev–Trinajstić information content (AvgIpc) is 2.86. The predicted molar refractivity (Wildman–Crippen MR) is 68.1 cm³/mol. The molecule has 0 bridgehead atoms. The Labute approximate surface area is 106 Å². The summed E-state index contributed by atoms with van der Waals surface area (Å²) >= 11 is 0. The van der Waals surface area contributed by atoms with Crippen LogP contribution in [0.25, 0.3) is 0 Å². The van der Waals surface area contributed by atoms with Crippen LogP contribution in [0.5, 0.6) is 0 Å². The van der Waals surface area contributed by atoms with Crippen molar-refractivity contribution in [1.82, 2.24) is 5.32 Å². The first-order valence-corrected chi connectivity index (χ1v) is 6.56. The highest BCUT2D eigenvalue weighted by Crippen LogP contribution is 2.29. The Morgan fingerprint density at radius 2 is 2.28 bits per heavy atom. The molecule has 18 heavy (non-hydrogen) atoms. The lowest BCUT2D eigenvalue weighted by Crippen LogP contribution is -2.43. The number of hydrogen-bond donors (Lipinski definition) is 1. The van der Waals surface area contributed by atoms with Gasteiger partial charge in [0.1, 0.15) is 5.82 Å². The van der Waals surface area contributed by atoms with Gasteiger partial charge < -0.3 is 10.2 Å². The number of nitrogens with zero attached hydrogens (tertiary/aromatic N) is 1. The molecule has 1 N–H and O–H groups in total. The van der Waals surface area contributed by atoms with Crippen LogP contribution in [0.1, 0.15) is 24.8 Å². The maximum absolute atomic E-state index is 13.4. The number of carbonyl (C=O) groups excluding carboxylic acids is 1. The van der Waals surface area contributed by atoms with E-state index in [-0.39, 0.29) is 11.7 Å². The molecule has 2 aliphatic heterocycles. The van der Waals surface area contributed by atoms with Gasteiger partial charge in [0.15, 0.2) is 0 Å². The molecule has 2 heterocycles. The molecule has 1 amide bonds. The van der Waals surface area contributed by atoms with Crippen LogP contribution < -0.4 is 10.2 Å². The molecule has 0 radical (unpaired) electrons. The summed E-state index contributed by atoms with van der Waals surface area (Å²) in [6.07, 6.45) is 3.51. The normalized spacial score (nSPS) is 23.3. The number of nitrogens with one attached hydrogen (secondary N) is 1. The number of carbonyl (C=O) groups is 1. The summed E-state index contributed by atoms with van der Waals surface area (Å²) in [5.74, 6) is -0.158. The van der Waals surface area contributed by atoms with Gasteiger partial charge in [0.25, 0.3) is 0 Å². The minimum atomic E-state index is -0.271. The van der Waals surface area contributed by atoms with Crippen molar-refractivity contribution in [3.8, 4) is 0 Å². The summed E-state index contributed by atoms with van der Waals surface area (Å²) in [5, 5.41) is 3.38. The molecular weight excluding hydrogens is 231 g/mol. The second-order valence-electron chi connectivity index (χ2n) is 5.07. The summed E-state index contributed by atoms with van der Waals surface area (Å²) in [7, 11) is 0. The van der Waals surface area contributed by atoms with Crippen LogP contribution in [0.15, 0.2) is 18.2 Å². The van der Waals surface area contributed by atoms with Crippen molar-refractivity contribution >= 4 is 11.6 Å². The number of halogens is 1. The van der Waals surface area contributed by atoms with Crippen LogP contribution in [0.4, 0.5) is 10.1 Å². The van der Waals surface area contributed by atoms with Crippen molar-refractivity contribution in [3.05, 3.63) is 29.6 Å². The Balaban J connectivity index is 1.88. The summed E-state index contributed by atoms with van der Waals surface area (Å²) in [4.78, 5) is 13.8. The van der Waals surface area contributed by atoms with Crippen molar-refractivity contribution in [2.45, 2.75) is 31.7 Å². The predicted octanol–water partition coefficient (Wildman–Crippen LogP) is 1.86. The monoisotopic (exact) mass is 248 g/mol. The minimum Gasteiger partial charge on any atom is -0.312 e. The Morgan fingerprint density at radius 1 is 1.39 bits per heavy atom. The van der Waals surface area contributed by atoms with E-state index >= 15 is 0 Å². The van der Waals surface area contributed by atoms with Gasteiger partial charge in [-0.25, -0.2) is 4.39 Å². The fourth-order valence-electron chi connectivity index (χ4n) is 2.84. The maximum Gasteiger partial charge on any atom is 0.227 e.